The minimum Gasteiger partial charge on any atom is -0.348 e. The van der Waals surface area contributed by atoms with E-state index in [1.54, 1.807) is 29.2 Å². The first kappa shape index (κ1) is 17.0. The van der Waals surface area contributed by atoms with Crippen LogP contribution in [0.4, 0.5) is 5.69 Å². The summed E-state index contributed by atoms with van der Waals surface area (Å²) in [4.78, 5) is 27.2. The number of hydrogen-bond donors (Lipinski definition) is 1. The summed E-state index contributed by atoms with van der Waals surface area (Å²) in [5.41, 5.74) is 4.19. The molecule has 0 fully saturated rings. The van der Waals surface area contributed by atoms with Gasteiger partial charge in [0.1, 0.15) is 0 Å². The van der Waals surface area contributed by atoms with Crippen LogP contribution in [-0.2, 0) is 13.0 Å². The number of hydrogen-bond acceptors (Lipinski definition) is 2. The lowest BCUT2D eigenvalue weighted by molar-refractivity contribution is 0.0951. The molecule has 1 heterocycles. The van der Waals surface area contributed by atoms with E-state index in [1.165, 1.54) is 5.56 Å². The van der Waals surface area contributed by atoms with Gasteiger partial charge in [-0.15, -0.1) is 0 Å². The van der Waals surface area contributed by atoms with Crippen LogP contribution < -0.4 is 10.2 Å². The van der Waals surface area contributed by atoms with Gasteiger partial charge in [-0.3, -0.25) is 9.59 Å². The molecule has 0 aromatic heterocycles. The monoisotopic (exact) mass is 356 g/mol. The number of anilines is 1. The summed E-state index contributed by atoms with van der Waals surface area (Å²) >= 11 is 0. The molecule has 4 heteroatoms. The largest absolute Gasteiger partial charge is 0.348 e. The van der Waals surface area contributed by atoms with Gasteiger partial charge in [-0.2, -0.15) is 0 Å². The van der Waals surface area contributed by atoms with Crippen molar-refractivity contribution in [2.24, 2.45) is 0 Å². The Labute approximate surface area is 158 Å². The highest BCUT2D eigenvalue weighted by atomic mass is 16.2. The first-order valence-corrected chi connectivity index (χ1v) is 9.04. The van der Waals surface area contributed by atoms with Crippen molar-refractivity contribution < 1.29 is 9.59 Å². The molecular formula is C23H20N2O2. The van der Waals surface area contributed by atoms with Gasteiger partial charge in [0.25, 0.3) is 11.8 Å². The van der Waals surface area contributed by atoms with Gasteiger partial charge in [0.15, 0.2) is 0 Å². The van der Waals surface area contributed by atoms with Crippen molar-refractivity contribution in [1.82, 2.24) is 5.32 Å². The van der Waals surface area contributed by atoms with E-state index in [2.05, 4.69) is 11.4 Å². The summed E-state index contributed by atoms with van der Waals surface area (Å²) in [6, 6.07) is 24.6. The van der Waals surface area contributed by atoms with Crippen molar-refractivity contribution >= 4 is 17.5 Å². The molecule has 0 atom stereocenters. The van der Waals surface area contributed by atoms with Crippen molar-refractivity contribution in [1.29, 1.82) is 0 Å². The van der Waals surface area contributed by atoms with E-state index < -0.39 is 0 Å². The number of carbonyl (C=O) groups excluding carboxylic acids is 2. The normalized spacial score (nSPS) is 12.5. The summed E-state index contributed by atoms with van der Waals surface area (Å²) < 4.78 is 0. The van der Waals surface area contributed by atoms with Crippen molar-refractivity contribution in [3.05, 3.63) is 101 Å². The molecule has 3 aromatic rings. The van der Waals surface area contributed by atoms with Crippen LogP contribution >= 0.6 is 0 Å². The molecule has 1 aliphatic rings. The standard InChI is InChI=1S/C23H20N2O2/c26-22(24-16-17-7-2-1-3-8-17)19-10-6-11-20(15-19)23(27)25-14-13-18-9-4-5-12-21(18)25/h1-12,15H,13-14,16H2,(H,24,26). The number of nitrogens with zero attached hydrogens (tertiary/aromatic N) is 1. The second kappa shape index (κ2) is 7.46. The van der Waals surface area contributed by atoms with Gasteiger partial charge in [0.2, 0.25) is 0 Å². The topological polar surface area (TPSA) is 49.4 Å². The molecule has 2 amide bonds. The summed E-state index contributed by atoms with van der Waals surface area (Å²) in [6.45, 7) is 1.12. The highest BCUT2D eigenvalue weighted by molar-refractivity contribution is 6.08. The highest BCUT2D eigenvalue weighted by Crippen LogP contribution is 2.28. The second-order valence-corrected chi connectivity index (χ2v) is 6.58. The molecule has 27 heavy (non-hydrogen) atoms. The smallest absolute Gasteiger partial charge is 0.258 e. The third-order valence-corrected chi connectivity index (χ3v) is 4.80. The maximum Gasteiger partial charge on any atom is 0.258 e. The fourth-order valence-corrected chi connectivity index (χ4v) is 3.38. The SMILES string of the molecule is O=C(NCc1ccccc1)c1cccc(C(=O)N2CCc3ccccc32)c1. The lowest BCUT2D eigenvalue weighted by Gasteiger charge is -2.17. The lowest BCUT2D eigenvalue weighted by atomic mass is 10.1. The molecule has 0 saturated heterocycles. The summed E-state index contributed by atoms with van der Waals surface area (Å²) in [6.07, 6.45) is 0.860. The van der Waals surface area contributed by atoms with Crippen molar-refractivity contribution in [2.75, 3.05) is 11.4 Å². The maximum atomic E-state index is 13.0. The molecule has 1 aliphatic heterocycles. The van der Waals surface area contributed by atoms with E-state index in [0.717, 1.165) is 17.7 Å². The molecule has 4 nitrogen and oxygen atoms in total. The van der Waals surface area contributed by atoms with Crippen LogP contribution in [-0.4, -0.2) is 18.4 Å². The second-order valence-electron chi connectivity index (χ2n) is 6.58. The zero-order valence-electron chi connectivity index (χ0n) is 14.9. The van der Waals surface area contributed by atoms with Crippen LogP contribution in [0.15, 0.2) is 78.9 Å². The van der Waals surface area contributed by atoms with Crippen LogP contribution in [0.1, 0.15) is 31.8 Å². The molecule has 0 spiro atoms. The lowest BCUT2D eigenvalue weighted by Crippen LogP contribution is -2.29. The Morgan fingerprint density at radius 3 is 2.44 bits per heavy atom. The van der Waals surface area contributed by atoms with E-state index >= 15 is 0 Å². The number of para-hydroxylation sites is 1. The van der Waals surface area contributed by atoms with Gasteiger partial charge in [0.05, 0.1) is 0 Å². The zero-order chi connectivity index (χ0) is 18.6. The van der Waals surface area contributed by atoms with E-state index in [0.29, 0.717) is 24.2 Å². The van der Waals surface area contributed by atoms with Gasteiger partial charge in [-0.25, -0.2) is 0 Å². The molecule has 0 saturated carbocycles. The number of rotatable bonds is 4. The molecule has 4 rings (SSSR count). The minimum atomic E-state index is -0.185. The predicted octanol–water partition coefficient (Wildman–Crippen LogP) is 3.82. The predicted molar refractivity (Wildman–Crippen MR) is 106 cm³/mol. The highest BCUT2D eigenvalue weighted by Gasteiger charge is 2.25. The number of nitrogens with one attached hydrogen (secondary N) is 1. The van der Waals surface area contributed by atoms with Crippen molar-refractivity contribution in [2.45, 2.75) is 13.0 Å². The molecule has 0 aliphatic carbocycles. The average Bonchev–Trinajstić information content (AvgIpc) is 3.16. The van der Waals surface area contributed by atoms with Crippen molar-refractivity contribution in [3.63, 3.8) is 0 Å². The molecule has 0 radical (unpaired) electrons. The Morgan fingerprint density at radius 2 is 1.59 bits per heavy atom. The van der Waals surface area contributed by atoms with Gasteiger partial charge >= 0.3 is 0 Å². The molecule has 0 unspecified atom stereocenters. The third kappa shape index (κ3) is 3.60. The number of benzene rings is 3. The summed E-state index contributed by atoms with van der Waals surface area (Å²) in [5.74, 6) is -0.256. The van der Waals surface area contributed by atoms with Crippen molar-refractivity contribution in [3.8, 4) is 0 Å². The van der Waals surface area contributed by atoms with Gasteiger partial charge in [-0.1, -0.05) is 54.6 Å². The fourth-order valence-electron chi connectivity index (χ4n) is 3.38. The van der Waals surface area contributed by atoms with E-state index in [-0.39, 0.29) is 11.8 Å². The minimum absolute atomic E-state index is 0.0716. The first-order valence-electron chi connectivity index (χ1n) is 9.04. The van der Waals surface area contributed by atoms with E-state index in [4.69, 9.17) is 0 Å². The first-order chi connectivity index (χ1) is 13.2. The van der Waals surface area contributed by atoms with Gasteiger partial charge in [0, 0.05) is 29.9 Å². The van der Waals surface area contributed by atoms with Crippen LogP contribution in [0.2, 0.25) is 0 Å². The summed E-state index contributed by atoms with van der Waals surface area (Å²) in [7, 11) is 0. The van der Waals surface area contributed by atoms with Gasteiger partial charge < -0.3 is 10.2 Å². The average molecular weight is 356 g/mol. The molecule has 3 aromatic carbocycles. The molecule has 1 N–H and O–H groups in total. The molecule has 134 valence electrons. The Bertz CT molecular complexity index is 982. The zero-order valence-corrected chi connectivity index (χ0v) is 14.9. The number of amides is 2. The van der Waals surface area contributed by atoms with Crippen LogP contribution in [0.5, 0.6) is 0 Å². The Morgan fingerprint density at radius 1 is 0.852 bits per heavy atom. The summed E-state index contributed by atoms with van der Waals surface area (Å²) in [5, 5.41) is 2.90. The van der Waals surface area contributed by atoms with E-state index in [9.17, 15) is 9.59 Å². The van der Waals surface area contributed by atoms with Crippen LogP contribution in [0.3, 0.4) is 0 Å². The molecule has 0 bridgehead atoms. The number of fused-ring (bicyclic) bond motifs is 1. The quantitative estimate of drug-likeness (QED) is 0.773. The number of carbonyl (C=O) groups is 2. The Balaban J connectivity index is 1.49. The molecular weight excluding hydrogens is 336 g/mol. The fraction of sp³-hybridized carbons (Fsp3) is 0.130. The third-order valence-electron chi connectivity index (χ3n) is 4.80. The van der Waals surface area contributed by atoms with Gasteiger partial charge in [-0.05, 0) is 41.8 Å². The van der Waals surface area contributed by atoms with Crippen LogP contribution in [0, 0.1) is 0 Å². The van der Waals surface area contributed by atoms with Crippen LogP contribution in [0.25, 0.3) is 0 Å². The van der Waals surface area contributed by atoms with E-state index in [1.807, 2.05) is 48.5 Å². The maximum absolute atomic E-state index is 13.0. The Hall–Kier alpha value is -3.40. The Kier molecular flexibility index (Phi) is 4.71.